The topological polar surface area (TPSA) is 23.8 Å². The number of rotatable bonds is 1. The molecule has 0 N–H and O–H groups in total. The lowest BCUT2D eigenvalue weighted by Crippen LogP contribution is -1.72. The lowest BCUT2D eigenvalue weighted by Gasteiger charge is -1.87. The molecular formula is C9H9N. The number of nitrogens with zero attached hydrogens (tertiary/aromatic N) is 1. The van der Waals surface area contributed by atoms with E-state index in [0.29, 0.717) is 6.42 Å². The summed E-state index contributed by atoms with van der Waals surface area (Å²) in [4.78, 5) is 0. The Labute approximate surface area is 61.0 Å². The maximum Gasteiger partial charge on any atom is 0.0669 e. The predicted octanol–water partition coefficient (Wildman–Crippen LogP) is 2.34. The number of hydrogen-bond acceptors (Lipinski definition) is 1. The zero-order valence-electron chi connectivity index (χ0n) is 5.75. The Balaban J connectivity index is 2.66. The highest BCUT2D eigenvalue weighted by molar-refractivity contribution is 5.29. The molecule has 0 aromatic heterocycles. The van der Waals surface area contributed by atoms with Crippen LogP contribution in [0.4, 0.5) is 0 Å². The minimum Gasteiger partial charge on any atom is -0.198 e. The molecule has 0 bridgehead atoms. The van der Waals surface area contributed by atoms with Gasteiger partial charge in [-0.3, -0.25) is 0 Å². The second-order valence-electron chi connectivity index (χ2n) is 2.14. The standard InChI is InChI=1S/C9H9N/c10-8-7-9-5-3-1-2-4-6-9/h1,3-6H,2,7H2. The molecule has 0 aromatic rings. The molecule has 50 valence electrons. The van der Waals surface area contributed by atoms with Crippen LogP contribution >= 0.6 is 0 Å². The van der Waals surface area contributed by atoms with Crippen molar-refractivity contribution >= 4 is 0 Å². The van der Waals surface area contributed by atoms with Crippen LogP contribution in [0.25, 0.3) is 0 Å². The molecule has 0 fully saturated rings. The fourth-order valence-electron chi connectivity index (χ4n) is 0.833. The van der Waals surface area contributed by atoms with Gasteiger partial charge >= 0.3 is 0 Å². The fraction of sp³-hybridized carbons (Fsp3) is 0.222. The maximum atomic E-state index is 8.36. The van der Waals surface area contributed by atoms with Gasteiger partial charge < -0.3 is 0 Å². The van der Waals surface area contributed by atoms with E-state index >= 15 is 0 Å². The largest absolute Gasteiger partial charge is 0.198 e. The third-order valence-corrected chi connectivity index (χ3v) is 1.33. The first-order chi connectivity index (χ1) is 4.93. The van der Waals surface area contributed by atoms with Gasteiger partial charge in [-0.2, -0.15) is 5.26 Å². The van der Waals surface area contributed by atoms with E-state index in [4.69, 9.17) is 5.26 Å². The Kier molecular flexibility index (Phi) is 2.51. The Hall–Kier alpha value is -1.29. The summed E-state index contributed by atoms with van der Waals surface area (Å²) in [7, 11) is 0. The average Bonchev–Trinajstić information content (AvgIpc) is 2.17. The van der Waals surface area contributed by atoms with Crippen LogP contribution in [0.1, 0.15) is 12.8 Å². The van der Waals surface area contributed by atoms with E-state index in [1.54, 1.807) is 0 Å². The van der Waals surface area contributed by atoms with Gasteiger partial charge in [-0.1, -0.05) is 30.4 Å². The van der Waals surface area contributed by atoms with E-state index in [1.165, 1.54) is 0 Å². The summed E-state index contributed by atoms with van der Waals surface area (Å²) < 4.78 is 0. The van der Waals surface area contributed by atoms with Crippen molar-refractivity contribution in [3.05, 3.63) is 36.0 Å². The molecule has 1 nitrogen and oxygen atoms in total. The van der Waals surface area contributed by atoms with Crippen LogP contribution in [-0.4, -0.2) is 0 Å². The second-order valence-corrected chi connectivity index (χ2v) is 2.14. The van der Waals surface area contributed by atoms with Crippen molar-refractivity contribution in [2.75, 3.05) is 0 Å². The molecule has 0 unspecified atom stereocenters. The zero-order valence-corrected chi connectivity index (χ0v) is 5.75. The van der Waals surface area contributed by atoms with Crippen molar-refractivity contribution in [3.8, 4) is 6.07 Å². The molecule has 1 rings (SSSR count). The predicted molar refractivity (Wildman–Crippen MR) is 41.2 cm³/mol. The van der Waals surface area contributed by atoms with E-state index in [1.807, 2.05) is 18.2 Å². The maximum absolute atomic E-state index is 8.36. The highest BCUT2D eigenvalue weighted by Gasteiger charge is 1.89. The second kappa shape index (κ2) is 3.68. The first-order valence-electron chi connectivity index (χ1n) is 3.32. The minimum atomic E-state index is 0.515. The summed E-state index contributed by atoms with van der Waals surface area (Å²) in [5.74, 6) is 0. The third-order valence-electron chi connectivity index (χ3n) is 1.33. The van der Waals surface area contributed by atoms with Gasteiger partial charge in [0.05, 0.1) is 12.5 Å². The van der Waals surface area contributed by atoms with Crippen LogP contribution in [0.3, 0.4) is 0 Å². The van der Waals surface area contributed by atoms with Crippen molar-refractivity contribution < 1.29 is 0 Å². The molecular weight excluding hydrogens is 122 g/mol. The molecule has 0 heterocycles. The summed E-state index contributed by atoms with van der Waals surface area (Å²) in [5, 5.41) is 8.36. The molecule has 0 radical (unpaired) electrons. The van der Waals surface area contributed by atoms with Crippen LogP contribution in [-0.2, 0) is 0 Å². The van der Waals surface area contributed by atoms with Gasteiger partial charge in [-0.25, -0.2) is 0 Å². The summed E-state index contributed by atoms with van der Waals surface area (Å²) in [5.41, 5.74) is 1.09. The lowest BCUT2D eigenvalue weighted by atomic mass is 10.2. The Bertz CT molecular complexity index is 226. The van der Waals surface area contributed by atoms with Crippen LogP contribution < -0.4 is 0 Å². The number of allylic oxidation sites excluding steroid dienone is 6. The Morgan fingerprint density at radius 2 is 2.40 bits per heavy atom. The highest BCUT2D eigenvalue weighted by Crippen LogP contribution is 2.06. The molecule has 0 aliphatic heterocycles. The average molecular weight is 131 g/mol. The molecule has 0 amide bonds. The molecule has 1 aliphatic rings. The lowest BCUT2D eigenvalue weighted by molar-refractivity contribution is 1.27. The monoisotopic (exact) mass is 131 g/mol. The van der Waals surface area contributed by atoms with Gasteiger partial charge in [-0.05, 0) is 12.0 Å². The summed E-state index contributed by atoms with van der Waals surface area (Å²) in [6.45, 7) is 0. The van der Waals surface area contributed by atoms with E-state index in [0.717, 1.165) is 12.0 Å². The SMILES string of the molecule is N#CCC1=CC=CCC=C1. The van der Waals surface area contributed by atoms with Crippen molar-refractivity contribution in [1.29, 1.82) is 5.26 Å². The van der Waals surface area contributed by atoms with E-state index in [2.05, 4.69) is 18.2 Å². The summed E-state index contributed by atoms with van der Waals surface area (Å²) in [6.07, 6.45) is 11.6. The summed E-state index contributed by atoms with van der Waals surface area (Å²) >= 11 is 0. The molecule has 0 aromatic carbocycles. The molecule has 1 aliphatic carbocycles. The van der Waals surface area contributed by atoms with Crippen LogP contribution in [0.5, 0.6) is 0 Å². The Morgan fingerprint density at radius 1 is 1.50 bits per heavy atom. The van der Waals surface area contributed by atoms with Gasteiger partial charge in [0, 0.05) is 0 Å². The van der Waals surface area contributed by atoms with Crippen molar-refractivity contribution in [3.63, 3.8) is 0 Å². The van der Waals surface area contributed by atoms with Gasteiger partial charge in [0.15, 0.2) is 0 Å². The third kappa shape index (κ3) is 1.91. The molecule has 10 heavy (non-hydrogen) atoms. The smallest absolute Gasteiger partial charge is 0.0669 e. The first kappa shape index (κ1) is 6.82. The molecule has 0 saturated heterocycles. The van der Waals surface area contributed by atoms with Crippen molar-refractivity contribution in [2.24, 2.45) is 0 Å². The van der Waals surface area contributed by atoms with Crippen molar-refractivity contribution in [2.45, 2.75) is 12.8 Å². The molecule has 1 heteroatoms. The fourth-order valence-corrected chi connectivity index (χ4v) is 0.833. The van der Waals surface area contributed by atoms with Gasteiger partial charge in [0.2, 0.25) is 0 Å². The minimum absolute atomic E-state index is 0.515. The van der Waals surface area contributed by atoms with E-state index < -0.39 is 0 Å². The van der Waals surface area contributed by atoms with Gasteiger partial charge in [0.1, 0.15) is 0 Å². The first-order valence-corrected chi connectivity index (χ1v) is 3.32. The number of hydrogen-bond donors (Lipinski definition) is 0. The summed E-state index contributed by atoms with van der Waals surface area (Å²) in [6, 6.07) is 2.11. The quantitative estimate of drug-likeness (QED) is 0.535. The highest BCUT2D eigenvalue weighted by atomic mass is 14.2. The van der Waals surface area contributed by atoms with Gasteiger partial charge in [-0.15, -0.1) is 0 Å². The van der Waals surface area contributed by atoms with E-state index in [-0.39, 0.29) is 0 Å². The zero-order chi connectivity index (χ0) is 7.23. The normalized spacial score (nSPS) is 15.7. The molecule has 0 atom stereocenters. The molecule has 0 saturated carbocycles. The number of nitriles is 1. The van der Waals surface area contributed by atoms with Crippen LogP contribution in [0.15, 0.2) is 36.0 Å². The molecule has 0 spiro atoms. The Morgan fingerprint density at radius 3 is 3.20 bits per heavy atom. The van der Waals surface area contributed by atoms with Gasteiger partial charge in [0.25, 0.3) is 0 Å². The van der Waals surface area contributed by atoms with Crippen molar-refractivity contribution in [1.82, 2.24) is 0 Å². The van der Waals surface area contributed by atoms with Crippen LogP contribution in [0.2, 0.25) is 0 Å². The van der Waals surface area contributed by atoms with E-state index in [9.17, 15) is 0 Å². The van der Waals surface area contributed by atoms with Crippen LogP contribution in [0, 0.1) is 11.3 Å².